The van der Waals surface area contributed by atoms with Crippen molar-refractivity contribution in [3.05, 3.63) is 99.6 Å². The first-order chi connectivity index (χ1) is 25.9. The van der Waals surface area contributed by atoms with Crippen molar-refractivity contribution in [1.29, 1.82) is 0 Å². The number of rotatable bonds is 13. The van der Waals surface area contributed by atoms with Crippen molar-refractivity contribution in [2.45, 2.75) is 58.4 Å². The second-order valence-corrected chi connectivity index (χ2v) is 13.9. The number of benzene rings is 3. The topological polar surface area (TPSA) is 113 Å². The number of aliphatic carboxylic acids is 1. The quantitative estimate of drug-likeness (QED) is 0.121. The number of carboxylic acids is 1. The van der Waals surface area contributed by atoms with Gasteiger partial charge in [0.05, 0.1) is 31.4 Å². The van der Waals surface area contributed by atoms with Crippen molar-refractivity contribution < 1.29 is 37.3 Å². The zero-order valence-corrected chi connectivity index (χ0v) is 30.8. The molecule has 2 fully saturated rings. The minimum absolute atomic E-state index is 0.0279. The van der Waals surface area contributed by atoms with Crippen molar-refractivity contribution >= 4 is 24.0 Å². The van der Waals surface area contributed by atoms with E-state index in [9.17, 15) is 27.9 Å². The average molecular weight is 743 g/mol. The molecule has 0 radical (unpaired) electrons. The van der Waals surface area contributed by atoms with Crippen LogP contribution in [-0.2, 0) is 28.9 Å². The molecule has 1 aromatic heterocycles. The van der Waals surface area contributed by atoms with Gasteiger partial charge in [-0.25, -0.2) is 4.98 Å². The van der Waals surface area contributed by atoms with E-state index in [1.54, 1.807) is 13.2 Å². The zero-order valence-electron chi connectivity index (χ0n) is 30.8. The van der Waals surface area contributed by atoms with Crippen molar-refractivity contribution in [3.8, 4) is 34.0 Å². The molecule has 9 nitrogen and oxygen atoms in total. The van der Waals surface area contributed by atoms with Crippen LogP contribution in [0.3, 0.4) is 0 Å². The highest BCUT2D eigenvalue weighted by Gasteiger charge is 2.35. The van der Waals surface area contributed by atoms with Gasteiger partial charge in [0.2, 0.25) is 11.8 Å². The Morgan fingerprint density at radius 1 is 0.963 bits per heavy atom. The molecule has 0 saturated carbocycles. The molecule has 4 aromatic rings. The lowest BCUT2D eigenvalue weighted by molar-refractivity contribution is -0.141. The Morgan fingerprint density at radius 2 is 1.69 bits per heavy atom. The maximum absolute atomic E-state index is 14.5. The number of nitrogens with one attached hydrogen (secondary N) is 2. The molecule has 3 aromatic carbocycles. The van der Waals surface area contributed by atoms with E-state index in [2.05, 4.69) is 10.6 Å². The number of carbonyl (C=O) groups excluding carboxylic acids is 1. The van der Waals surface area contributed by atoms with E-state index >= 15 is 0 Å². The number of hydrogen-bond acceptors (Lipinski definition) is 7. The Kier molecular flexibility index (Phi) is 11.7. The van der Waals surface area contributed by atoms with Gasteiger partial charge < -0.3 is 25.2 Å². The summed E-state index contributed by atoms with van der Waals surface area (Å²) in [6, 6.07) is 18.4. The first kappa shape index (κ1) is 38.5. The molecule has 12 heteroatoms. The van der Waals surface area contributed by atoms with E-state index in [1.165, 1.54) is 19.3 Å². The average Bonchev–Trinajstić information content (AvgIpc) is 3.80. The lowest BCUT2D eigenvalue weighted by Crippen LogP contribution is -2.35. The molecule has 3 heterocycles. The van der Waals surface area contributed by atoms with E-state index in [0.29, 0.717) is 49.7 Å². The normalized spacial score (nSPS) is 17.6. The Morgan fingerprint density at radius 3 is 2.35 bits per heavy atom. The summed E-state index contributed by atoms with van der Waals surface area (Å²) in [4.78, 5) is 29.6. The van der Waals surface area contributed by atoms with E-state index in [-0.39, 0.29) is 30.6 Å². The molecule has 1 amide bonds. The summed E-state index contributed by atoms with van der Waals surface area (Å²) in [5, 5.41) is 15.7. The highest BCUT2D eigenvalue weighted by Crippen LogP contribution is 2.39. The summed E-state index contributed by atoms with van der Waals surface area (Å²) in [5.74, 6) is -0.533. The standard InChI is InChI=1S/C42H45F3N4O5/c1-25-27(11-12-28-20-38(53-3)31(19-36(28)42(43,44)45)24-49-18-17-30(23-49)41(51)52)7-5-8-33(25)34-9-6-10-35(26(34)2)37-15-13-29(40(48-37)54-4)21-46-22-32-14-16-39(50)47-32/h5-13,15,19-20,30,32,46H,14,16-18,21-24H2,1-4H3,(H,47,50)(H,51,52)/b12-11+/t30-,32+/m1/s1. The number of alkyl halides is 3. The van der Waals surface area contributed by atoms with Gasteiger partial charge in [-0.15, -0.1) is 0 Å². The SMILES string of the molecule is COc1cc(/C=C/c2cccc(-c3cccc(-c4ccc(CNC[C@@H]5CCC(=O)N5)c(OC)n4)c3C)c2C)c(C(F)(F)F)cc1CN1CC[C@@H](C(=O)O)C1. The first-order valence-corrected chi connectivity index (χ1v) is 18.0. The zero-order chi connectivity index (χ0) is 38.6. The monoisotopic (exact) mass is 742 g/mol. The Labute approximate surface area is 313 Å². The molecule has 2 aliphatic heterocycles. The van der Waals surface area contributed by atoms with Crippen molar-refractivity contribution in [3.63, 3.8) is 0 Å². The van der Waals surface area contributed by atoms with Gasteiger partial charge in [0.15, 0.2) is 0 Å². The van der Waals surface area contributed by atoms with Crippen LogP contribution in [0.1, 0.15) is 58.2 Å². The maximum atomic E-state index is 14.5. The van der Waals surface area contributed by atoms with Gasteiger partial charge in [0, 0.05) is 55.3 Å². The number of hydrogen-bond donors (Lipinski definition) is 3. The maximum Gasteiger partial charge on any atom is 0.417 e. The fraction of sp³-hybridized carbons (Fsp3) is 0.357. The molecule has 0 unspecified atom stereocenters. The minimum atomic E-state index is -4.62. The minimum Gasteiger partial charge on any atom is -0.496 e. The summed E-state index contributed by atoms with van der Waals surface area (Å²) in [6.07, 6.45) is 0.364. The fourth-order valence-corrected chi connectivity index (χ4v) is 7.41. The lowest BCUT2D eigenvalue weighted by Gasteiger charge is -2.20. The van der Waals surface area contributed by atoms with Crippen LogP contribution in [0.15, 0.2) is 60.7 Å². The summed E-state index contributed by atoms with van der Waals surface area (Å²) in [7, 11) is 3.01. The van der Waals surface area contributed by atoms with E-state index < -0.39 is 23.6 Å². The van der Waals surface area contributed by atoms with Crippen LogP contribution in [-0.4, -0.2) is 66.8 Å². The number of carbonyl (C=O) groups is 2. The molecule has 54 heavy (non-hydrogen) atoms. The van der Waals surface area contributed by atoms with Gasteiger partial charge >= 0.3 is 12.1 Å². The van der Waals surface area contributed by atoms with Crippen LogP contribution in [0.2, 0.25) is 0 Å². The number of ether oxygens (including phenoxy) is 2. The number of amides is 1. The molecule has 6 rings (SSSR count). The van der Waals surface area contributed by atoms with Crippen LogP contribution < -0.4 is 20.1 Å². The van der Waals surface area contributed by atoms with Gasteiger partial charge in [-0.2, -0.15) is 13.2 Å². The highest BCUT2D eigenvalue weighted by atomic mass is 19.4. The second-order valence-electron chi connectivity index (χ2n) is 13.9. The summed E-state index contributed by atoms with van der Waals surface area (Å²) >= 11 is 0. The van der Waals surface area contributed by atoms with Gasteiger partial charge in [0.25, 0.3) is 0 Å². The predicted octanol–water partition coefficient (Wildman–Crippen LogP) is 7.51. The molecular weight excluding hydrogens is 697 g/mol. The lowest BCUT2D eigenvalue weighted by atomic mass is 9.90. The van der Waals surface area contributed by atoms with Crippen LogP contribution >= 0.6 is 0 Å². The van der Waals surface area contributed by atoms with E-state index in [0.717, 1.165) is 57.1 Å². The predicted molar refractivity (Wildman–Crippen MR) is 202 cm³/mol. The molecule has 2 aliphatic rings. The molecule has 2 atom stereocenters. The number of aromatic nitrogens is 1. The Bertz CT molecular complexity index is 2060. The summed E-state index contributed by atoms with van der Waals surface area (Å²) < 4.78 is 54.6. The molecule has 284 valence electrons. The first-order valence-electron chi connectivity index (χ1n) is 18.0. The van der Waals surface area contributed by atoms with E-state index in [1.807, 2.05) is 67.3 Å². The molecule has 0 spiro atoms. The fourth-order valence-electron chi connectivity index (χ4n) is 7.41. The van der Waals surface area contributed by atoms with Gasteiger partial charge in [0.1, 0.15) is 5.75 Å². The van der Waals surface area contributed by atoms with Crippen LogP contribution in [0.25, 0.3) is 34.5 Å². The largest absolute Gasteiger partial charge is 0.496 e. The summed E-state index contributed by atoms with van der Waals surface area (Å²) in [6.45, 7) is 6.10. The Hall–Kier alpha value is -5.20. The third-order valence-electron chi connectivity index (χ3n) is 10.4. The third-order valence-corrected chi connectivity index (χ3v) is 10.4. The van der Waals surface area contributed by atoms with Crippen LogP contribution in [0, 0.1) is 19.8 Å². The number of pyridine rings is 1. The third kappa shape index (κ3) is 8.61. The molecule has 2 saturated heterocycles. The second kappa shape index (κ2) is 16.4. The van der Waals surface area contributed by atoms with Crippen molar-refractivity contribution in [2.75, 3.05) is 33.9 Å². The Balaban J connectivity index is 1.25. The molecular formula is C42H45F3N4O5. The van der Waals surface area contributed by atoms with Gasteiger partial charge in [-0.1, -0.05) is 54.6 Å². The summed E-state index contributed by atoms with van der Waals surface area (Å²) in [5.41, 5.74) is 6.68. The smallest absolute Gasteiger partial charge is 0.417 e. The van der Waals surface area contributed by atoms with Crippen LogP contribution in [0.4, 0.5) is 13.2 Å². The van der Waals surface area contributed by atoms with Crippen LogP contribution in [0.5, 0.6) is 11.6 Å². The number of halogens is 3. The molecule has 3 N–H and O–H groups in total. The van der Waals surface area contributed by atoms with E-state index in [4.69, 9.17) is 14.5 Å². The molecule has 0 bridgehead atoms. The van der Waals surface area contributed by atoms with Gasteiger partial charge in [-0.05, 0) is 84.8 Å². The number of carboxylic acid groups (broad SMARTS) is 1. The van der Waals surface area contributed by atoms with Crippen molar-refractivity contribution in [1.82, 2.24) is 20.5 Å². The number of methoxy groups -OCH3 is 2. The number of nitrogens with zero attached hydrogens (tertiary/aromatic N) is 2. The number of likely N-dealkylation sites (tertiary alicyclic amines) is 1. The molecule has 0 aliphatic carbocycles. The van der Waals surface area contributed by atoms with Crippen molar-refractivity contribution in [2.24, 2.45) is 5.92 Å². The van der Waals surface area contributed by atoms with Gasteiger partial charge in [-0.3, -0.25) is 14.5 Å². The highest BCUT2D eigenvalue weighted by molar-refractivity contribution is 5.83.